The number of hydrogen-bond acceptors (Lipinski definition) is 6. The van der Waals surface area contributed by atoms with Gasteiger partial charge in [0.2, 0.25) is 5.41 Å². The van der Waals surface area contributed by atoms with Gasteiger partial charge in [-0.05, 0) is 29.7 Å². The van der Waals surface area contributed by atoms with Crippen molar-refractivity contribution >= 4 is 29.2 Å². The number of carboxylic acids is 1. The topological polar surface area (TPSA) is 174 Å². The first-order valence-corrected chi connectivity index (χ1v) is 9.32. The summed E-state index contributed by atoms with van der Waals surface area (Å²) in [6.45, 7) is -0.263. The molecule has 0 saturated heterocycles. The third-order valence-electron chi connectivity index (χ3n) is 5.29. The minimum absolute atomic E-state index is 0.00218. The molecule has 9 nitrogen and oxygen atoms in total. The highest BCUT2D eigenvalue weighted by Crippen LogP contribution is 2.35. The molecule has 2 aromatic carbocycles. The van der Waals surface area contributed by atoms with E-state index in [-0.39, 0.29) is 23.6 Å². The van der Waals surface area contributed by atoms with Gasteiger partial charge in [0.15, 0.2) is 17.5 Å². The van der Waals surface area contributed by atoms with Crippen molar-refractivity contribution in [3.05, 3.63) is 65.2 Å². The van der Waals surface area contributed by atoms with Crippen molar-refractivity contribution in [3.63, 3.8) is 0 Å². The molecule has 0 aromatic heterocycles. The number of aliphatic imine (C=N–C) groups is 1. The average molecular weight is 409 g/mol. The summed E-state index contributed by atoms with van der Waals surface area (Å²) >= 11 is 0. The Labute approximate surface area is 173 Å². The number of aliphatic carboxylic acids is 1. The summed E-state index contributed by atoms with van der Waals surface area (Å²) in [4.78, 5) is 42.9. The number of carboxylic acid groups (broad SMARTS) is 1. The number of carbonyl (C=O) groups is 3. The van der Waals surface area contributed by atoms with E-state index in [1.54, 1.807) is 6.07 Å². The van der Waals surface area contributed by atoms with Crippen LogP contribution in [0.15, 0.2) is 53.5 Å². The summed E-state index contributed by atoms with van der Waals surface area (Å²) in [6.07, 6.45) is 0.188. The van der Waals surface area contributed by atoms with Gasteiger partial charge in [0.25, 0.3) is 0 Å². The van der Waals surface area contributed by atoms with Crippen molar-refractivity contribution < 1.29 is 19.5 Å². The maximum Gasteiger partial charge on any atom is 0.326 e. The molecule has 0 bridgehead atoms. The second-order valence-electron chi connectivity index (χ2n) is 7.06. The van der Waals surface area contributed by atoms with Gasteiger partial charge < -0.3 is 27.6 Å². The fourth-order valence-corrected chi connectivity index (χ4v) is 3.86. The van der Waals surface area contributed by atoms with Crippen LogP contribution in [0.2, 0.25) is 0 Å². The summed E-state index contributed by atoms with van der Waals surface area (Å²) in [6, 6.07) is 12.3. The van der Waals surface area contributed by atoms with Gasteiger partial charge >= 0.3 is 5.97 Å². The molecule has 8 N–H and O–H groups in total. The lowest BCUT2D eigenvalue weighted by Gasteiger charge is -2.38. The molecule has 0 amide bonds. The van der Waals surface area contributed by atoms with E-state index in [9.17, 15) is 19.5 Å². The van der Waals surface area contributed by atoms with Crippen LogP contribution in [0, 0.1) is 5.41 Å². The lowest BCUT2D eigenvalue weighted by Crippen LogP contribution is -2.62. The number of nitrogens with two attached hydrogens (primary N) is 3. The number of nitrogens with zero attached hydrogens (tertiary/aromatic N) is 1. The molecule has 1 heterocycles. The molecule has 0 spiro atoms. The SMILES string of the molecule is NCC(=O)C(C(=O)O)(C(=O)c1cccc(N=C(N)N)c1)C1Cc2ccccc2CN1. The molecule has 1 aliphatic heterocycles. The van der Waals surface area contributed by atoms with Gasteiger partial charge in [0.1, 0.15) is 0 Å². The number of hydrogen-bond donors (Lipinski definition) is 5. The van der Waals surface area contributed by atoms with Gasteiger partial charge in [0.05, 0.1) is 12.2 Å². The average Bonchev–Trinajstić information content (AvgIpc) is 2.73. The highest BCUT2D eigenvalue weighted by atomic mass is 16.4. The fourth-order valence-electron chi connectivity index (χ4n) is 3.86. The monoisotopic (exact) mass is 409 g/mol. The zero-order chi connectivity index (χ0) is 21.9. The lowest BCUT2D eigenvalue weighted by molar-refractivity contribution is -0.153. The molecular weight excluding hydrogens is 386 g/mol. The molecule has 2 unspecified atom stereocenters. The zero-order valence-corrected chi connectivity index (χ0v) is 16.2. The smallest absolute Gasteiger partial charge is 0.326 e. The summed E-state index contributed by atoms with van der Waals surface area (Å²) in [5, 5.41) is 13.2. The standard InChI is InChI=1S/C21H23N5O4/c22-10-17(27)21(19(29)30,16-9-12-4-1-2-5-14(12)11-25-16)18(28)13-6-3-7-15(8-13)26-20(23)24/h1-8,16,25H,9-11,22H2,(H,29,30)(H4,23,24,26). The Morgan fingerprint density at radius 3 is 2.43 bits per heavy atom. The minimum atomic E-state index is -2.39. The van der Waals surface area contributed by atoms with E-state index in [0.29, 0.717) is 6.54 Å². The second-order valence-corrected chi connectivity index (χ2v) is 7.06. The molecule has 0 fully saturated rings. The minimum Gasteiger partial charge on any atom is -0.480 e. The van der Waals surface area contributed by atoms with Crippen LogP contribution < -0.4 is 22.5 Å². The van der Waals surface area contributed by atoms with Gasteiger partial charge in [-0.3, -0.25) is 14.4 Å². The number of Topliss-reactive ketones (excluding diaryl/α,β-unsaturated/α-hetero) is 2. The van der Waals surface area contributed by atoms with Crippen molar-refractivity contribution in [2.24, 2.45) is 27.6 Å². The number of fused-ring (bicyclic) bond motifs is 1. The third kappa shape index (κ3) is 3.68. The Morgan fingerprint density at radius 1 is 1.10 bits per heavy atom. The Bertz CT molecular complexity index is 1030. The molecule has 30 heavy (non-hydrogen) atoms. The number of carbonyl (C=O) groups excluding carboxylic acids is 2. The van der Waals surface area contributed by atoms with Gasteiger partial charge in [-0.25, -0.2) is 4.99 Å². The number of guanidine groups is 1. The Morgan fingerprint density at radius 2 is 1.80 bits per heavy atom. The van der Waals surface area contributed by atoms with Gasteiger partial charge in [-0.1, -0.05) is 36.4 Å². The van der Waals surface area contributed by atoms with Crippen molar-refractivity contribution in [2.75, 3.05) is 6.54 Å². The molecule has 0 saturated carbocycles. The largest absolute Gasteiger partial charge is 0.480 e. The molecule has 1 aliphatic rings. The first-order chi connectivity index (χ1) is 14.3. The summed E-state index contributed by atoms with van der Waals surface area (Å²) < 4.78 is 0. The van der Waals surface area contributed by atoms with Gasteiger partial charge in [-0.2, -0.15) is 0 Å². The normalized spacial score (nSPS) is 17.3. The third-order valence-corrected chi connectivity index (χ3v) is 5.29. The number of benzene rings is 2. The van der Waals surface area contributed by atoms with E-state index in [2.05, 4.69) is 10.3 Å². The van der Waals surface area contributed by atoms with Crippen LogP contribution in [0.1, 0.15) is 21.5 Å². The van der Waals surface area contributed by atoms with E-state index in [4.69, 9.17) is 17.2 Å². The molecule has 3 rings (SSSR count). The maximum atomic E-state index is 13.5. The molecule has 0 radical (unpaired) electrons. The highest BCUT2D eigenvalue weighted by Gasteiger charge is 2.58. The first kappa shape index (κ1) is 21.2. The number of nitrogens with one attached hydrogen (secondary N) is 1. The summed E-state index contributed by atoms with van der Waals surface area (Å²) in [5.41, 5.74) is 16.1. The summed E-state index contributed by atoms with van der Waals surface area (Å²) in [7, 11) is 0. The van der Waals surface area contributed by atoms with E-state index in [1.165, 1.54) is 18.2 Å². The van der Waals surface area contributed by atoms with Gasteiger partial charge in [-0.15, -0.1) is 0 Å². The Balaban J connectivity index is 2.12. The van der Waals surface area contributed by atoms with Crippen LogP contribution in [-0.2, 0) is 22.6 Å². The molecule has 156 valence electrons. The van der Waals surface area contributed by atoms with Crippen molar-refractivity contribution in [1.29, 1.82) is 0 Å². The van der Waals surface area contributed by atoms with Crippen LogP contribution >= 0.6 is 0 Å². The Hall–Kier alpha value is -3.56. The van der Waals surface area contributed by atoms with E-state index in [1.807, 2.05) is 24.3 Å². The van der Waals surface area contributed by atoms with Gasteiger partial charge in [0, 0.05) is 18.2 Å². The maximum absolute atomic E-state index is 13.5. The number of ketones is 2. The second kappa shape index (κ2) is 8.44. The quantitative estimate of drug-likeness (QED) is 0.185. The van der Waals surface area contributed by atoms with E-state index < -0.39 is 35.5 Å². The predicted octanol–water partition coefficient (Wildman–Crippen LogP) is 0.0875. The lowest BCUT2D eigenvalue weighted by atomic mass is 9.67. The molecule has 9 heteroatoms. The number of rotatable bonds is 7. The van der Waals surface area contributed by atoms with E-state index in [0.717, 1.165) is 11.1 Å². The first-order valence-electron chi connectivity index (χ1n) is 9.32. The fraction of sp³-hybridized carbons (Fsp3) is 0.238. The molecular formula is C21H23N5O4. The molecule has 2 atom stereocenters. The van der Waals surface area contributed by atoms with Crippen LogP contribution in [0.3, 0.4) is 0 Å². The van der Waals surface area contributed by atoms with Crippen LogP contribution in [0.5, 0.6) is 0 Å². The van der Waals surface area contributed by atoms with E-state index >= 15 is 0 Å². The van der Waals surface area contributed by atoms with Crippen LogP contribution in [0.4, 0.5) is 5.69 Å². The predicted molar refractivity (Wildman–Crippen MR) is 111 cm³/mol. The zero-order valence-electron chi connectivity index (χ0n) is 16.2. The van der Waals surface area contributed by atoms with Crippen molar-refractivity contribution in [2.45, 2.75) is 19.0 Å². The van der Waals surface area contributed by atoms with Crippen molar-refractivity contribution in [3.8, 4) is 0 Å². The summed E-state index contributed by atoms with van der Waals surface area (Å²) in [5.74, 6) is -3.50. The van der Waals surface area contributed by atoms with Crippen LogP contribution in [-0.4, -0.2) is 41.2 Å². The molecule has 2 aromatic rings. The Kier molecular flexibility index (Phi) is 5.95. The molecule has 0 aliphatic carbocycles. The van der Waals surface area contributed by atoms with Crippen molar-refractivity contribution in [1.82, 2.24) is 5.32 Å². The highest BCUT2D eigenvalue weighted by molar-refractivity contribution is 6.28. The van der Waals surface area contributed by atoms with Crippen LogP contribution in [0.25, 0.3) is 0 Å².